The summed E-state index contributed by atoms with van der Waals surface area (Å²) in [4.78, 5) is 14.0. The molecule has 1 aromatic heterocycles. The smallest absolute Gasteiger partial charge is 0.256 e. The van der Waals surface area contributed by atoms with Gasteiger partial charge in [0.1, 0.15) is 0 Å². The van der Waals surface area contributed by atoms with Crippen LogP contribution in [0.25, 0.3) is 0 Å². The molecule has 1 aromatic carbocycles. The highest BCUT2D eigenvalue weighted by molar-refractivity contribution is 6.31. The summed E-state index contributed by atoms with van der Waals surface area (Å²) in [7, 11) is 3.55. The highest BCUT2D eigenvalue weighted by Crippen LogP contribution is 2.21. The number of hydrazine groups is 1. The van der Waals surface area contributed by atoms with Crippen LogP contribution in [0.1, 0.15) is 15.9 Å². The molecular formula is C13H16ClN5O. The van der Waals surface area contributed by atoms with Crippen molar-refractivity contribution in [2.75, 3.05) is 12.5 Å². The van der Waals surface area contributed by atoms with E-state index in [1.54, 1.807) is 41.0 Å². The first-order chi connectivity index (χ1) is 9.51. The van der Waals surface area contributed by atoms with Gasteiger partial charge in [0.15, 0.2) is 0 Å². The fourth-order valence-electron chi connectivity index (χ4n) is 1.92. The summed E-state index contributed by atoms with van der Waals surface area (Å²) in [5, 5.41) is 4.56. The van der Waals surface area contributed by atoms with E-state index in [9.17, 15) is 4.79 Å². The second-order valence-electron chi connectivity index (χ2n) is 4.52. The number of amides is 1. The second-order valence-corrected chi connectivity index (χ2v) is 4.95. The van der Waals surface area contributed by atoms with Crippen LogP contribution in [0.15, 0.2) is 30.6 Å². The number of nitrogens with zero attached hydrogens (tertiary/aromatic N) is 3. The van der Waals surface area contributed by atoms with E-state index in [0.29, 0.717) is 22.8 Å². The molecule has 0 aliphatic heterocycles. The maximum absolute atomic E-state index is 12.4. The van der Waals surface area contributed by atoms with Gasteiger partial charge >= 0.3 is 0 Å². The Labute approximate surface area is 122 Å². The molecule has 7 heteroatoms. The Morgan fingerprint density at radius 2 is 2.30 bits per heavy atom. The Morgan fingerprint density at radius 3 is 2.90 bits per heavy atom. The molecule has 0 saturated carbocycles. The molecule has 20 heavy (non-hydrogen) atoms. The van der Waals surface area contributed by atoms with Crippen molar-refractivity contribution in [2.45, 2.75) is 6.54 Å². The van der Waals surface area contributed by atoms with E-state index in [0.717, 1.165) is 5.56 Å². The number of aromatic nitrogens is 2. The number of carbonyl (C=O) groups is 1. The highest BCUT2D eigenvalue weighted by Gasteiger charge is 2.16. The first-order valence-electron chi connectivity index (χ1n) is 6.00. The quantitative estimate of drug-likeness (QED) is 0.663. The maximum atomic E-state index is 12.4. The third kappa shape index (κ3) is 3.09. The molecule has 0 radical (unpaired) electrons. The highest BCUT2D eigenvalue weighted by atomic mass is 35.5. The van der Waals surface area contributed by atoms with Crippen molar-refractivity contribution < 1.29 is 4.79 Å². The molecule has 0 spiro atoms. The molecule has 1 amide bonds. The maximum Gasteiger partial charge on any atom is 0.256 e. The Balaban J connectivity index is 2.20. The van der Waals surface area contributed by atoms with Crippen LogP contribution in [0.2, 0.25) is 5.02 Å². The summed E-state index contributed by atoms with van der Waals surface area (Å²) in [5.41, 5.74) is 4.43. The van der Waals surface area contributed by atoms with E-state index in [1.165, 1.54) is 0 Å². The van der Waals surface area contributed by atoms with Crippen LogP contribution in [0, 0.1) is 0 Å². The van der Waals surface area contributed by atoms with Crippen molar-refractivity contribution in [3.63, 3.8) is 0 Å². The summed E-state index contributed by atoms with van der Waals surface area (Å²) in [6, 6.07) is 4.95. The van der Waals surface area contributed by atoms with Crippen LogP contribution in [-0.2, 0) is 13.6 Å². The number of rotatable bonds is 4. The molecule has 2 rings (SSSR count). The molecule has 106 valence electrons. The van der Waals surface area contributed by atoms with Crippen LogP contribution in [0.4, 0.5) is 5.69 Å². The zero-order valence-corrected chi connectivity index (χ0v) is 12.1. The first kappa shape index (κ1) is 14.4. The van der Waals surface area contributed by atoms with Crippen molar-refractivity contribution >= 4 is 23.2 Å². The van der Waals surface area contributed by atoms with Crippen LogP contribution < -0.4 is 11.3 Å². The van der Waals surface area contributed by atoms with Gasteiger partial charge in [0.2, 0.25) is 0 Å². The van der Waals surface area contributed by atoms with E-state index in [2.05, 4.69) is 10.5 Å². The number of nitrogens with two attached hydrogens (primary N) is 1. The van der Waals surface area contributed by atoms with Crippen LogP contribution in [-0.4, -0.2) is 27.6 Å². The molecule has 2 aromatic rings. The molecule has 0 aliphatic carbocycles. The standard InChI is InChI=1S/C13H16ClN5O/c1-18(7-9-6-16-19(2)8-9)13(20)11-5-10(14)3-4-12(11)17-15/h3-6,8,17H,7,15H2,1-2H3. The van der Waals surface area contributed by atoms with Gasteiger partial charge in [0.05, 0.1) is 17.4 Å². The van der Waals surface area contributed by atoms with Gasteiger partial charge < -0.3 is 10.3 Å². The predicted octanol–water partition coefficient (Wildman–Crippen LogP) is 1.63. The van der Waals surface area contributed by atoms with Gasteiger partial charge in [-0.05, 0) is 18.2 Å². The minimum atomic E-state index is -0.163. The number of nitrogens with one attached hydrogen (secondary N) is 1. The summed E-state index contributed by atoms with van der Waals surface area (Å²) in [6.45, 7) is 0.462. The monoisotopic (exact) mass is 293 g/mol. The average molecular weight is 294 g/mol. The number of halogens is 1. The Hall–Kier alpha value is -2.05. The topological polar surface area (TPSA) is 76.2 Å². The molecule has 0 unspecified atom stereocenters. The van der Waals surface area contributed by atoms with Crippen LogP contribution >= 0.6 is 11.6 Å². The van der Waals surface area contributed by atoms with E-state index in [1.807, 2.05) is 13.2 Å². The average Bonchev–Trinajstić information content (AvgIpc) is 2.83. The SMILES string of the molecule is CN(Cc1cnn(C)c1)C(=O)c1cc(Cl)ccc1NN. The Morgan fingerprint density at radius 1 is 1.55 bits per heavy atom. The molecule has 0 bridgehead atoms. The molecule has 0 aliphatic rings. The molecule has 3 N–H and O–H groups in total. The van der Waals surface area contributed by atoms with Gasteiger partial charge in [0.25, 0.3) is 5.91 Å². The van der Waals surface area contributed by atoms with Gasteiger partial charge in [0, 0.05) is 37.4 Å². The number of hydrogen-bond donors (Lipinski definition) is 2. The lowest BCUT2D eigenvalue weighted by molar-refractivity contribution is 0.0786. The van der Waals surface area contributed by atoms with Gasteiger partial charge in [-0.2, -0.15) is 5.10 Å². The van der Waals surface area contributed by atoms with E-state index >= 15 is 0 Å². The van der Waals surface area contributed by atoms with Crippen LogP contribution in [0.3, 0.4) is 0 Å². The lowest BCUT2D eigenvalue weighted by Gasteiger charge is -2.18. The van der Waals surface area contributed by atoms with Gasteiger partial charge in [-0.25, -0.2) is 0 Å². The predicted molar refractivity (Wildman–Crippen MR) is 78.3 cm³/mol. The molecule has 6 nitrogen and oxygen atoms in total. The first-order valence-corrected chi connectivity index (χ1v) is 6.38. The van der Waals surface area contributed by atoms with Gasteiger partial charge in [-0.1, -0.05) is 11.6 Å². The molecule has 0 saturated heterocycles. The zero-order valence-electron chi connectivity index (χ0n) is 11.3. The normalized spacial score (nSPS) is 10.4. The van der Waals surface area contributed by atoms with E-state index in [4.69, 9.17) is 17.4 Å². The number of benzene rings is 1. The van der Waals surface area contributed by atoms with Crippen molar-refractivity contribution in [2.24, 2.45) is 12.9 Å². The Bertz CT molecular complexity index is 625. The number of carbonyl (C=O) groups excluding carboxylic acids is 1. The van der Waals surface area contributed by atoms with Crippen molar-refractivity contribution in [1.82, 2.24) is 14.7 Å². The number of aryl methyl sites for hydroxylation is 1. The van der Waals surface area contributed by atoms with Crippen molar-refractivity contribution in [3.05, 3.63) is 46.7 Å². The van der Waals surface area contributed by atoms with Gasteiger partial charge in [-0.3, -0.25) is 15.3 Å². The zero-order chi connectivity index (χ0) is 14.7. The van der Waals surface area contributed by atoms with E-state index in [-0.39, 0.29) is 5.91 Å². The summed E-state index contributed by atoms with van der Waals surface area (Å²) in [5.74, 6) is 5.25. The molecule has 0 fully saturated rings. The summed E-state index contributed by atoms with van der Waals surface area (Å²) in [6.07, 6.45) is 3.59. The van der Waals surface area contributed by atoms with Gasteiger partial charge in [-0.15, -0.1) is 0 Å². The summed E-state index contributed by atoms with van der Waals surface area (Å²) >= 11 is 5.93. The Kier molecular flexibility index (Phi) is 4.26. The lowest BCUT2D eigenvalue weighted by atomic mass is 10.1. The number of anilines is 1. The van der Waals surface area contributed by atoms with Crippen molar-refractivity contribution in [3.8, 4) is 0 Å². The fraction of sp³-hybridized carbons (Fsp3) is 0.231. The fourth-order valence-corrected chi connectivity index (χ4v) is 2.10. The number of hydrogen-bond acceptors (Lipinski definition) is 4. The lowest BCUT2D eigenvalue weighted by Crippen LogP contribution is -2.27. The summed E-state index contributed by atoms with van der Waals surface area (Å²) < 4.78 is 1.69. The second kappa shape index (κ2) is 5.94. The minimum absolute atomic E-state index is 0.163. The molecular weight excluding hydrogens is 278 g/mol. The largest absolute Gasteiger partial charge is 0.337 e. The minimum Gasteiger partial charge on any atom is -0.337 e. The molecule has 0 atom stereocenters. The van der Waals surface area contributed by atoms with Crippen LogP contribution in [0.5, 0.6) is 0 Å². The third-order valence-electron chi connectivity index (χ3n) is 2.89. The molecule has 1 heterocycles. The van der Waals surface area contributed by atoms with E-state index < -0.39 is 0 Å². The third-order valence-corrected chi connectivity index (χ3v) is 3.13. The van der Waals surface area contributed by atoms with Crippen molar-refractivity contribution in [1.29, 1.82) is 0 Å². The number of nitrogen functional groups attached to an aromatic ring is 1.